The summed E-state index contributed by atoms with van der Waals surface area (Å²) in [6.45, 7) is 8.12. The van der Waals surface area contributed by atoms with E-state index in [2.05, 4.69) is 5.32 Å². The Morgan fingerprint density at radius 3 is 1.95 bits per heavy atom. The molecule has 3 rings (SSSR count). The van der Waals surface area contributed by atoms with Gasteiger partial charge in [0.05, 0.1) is 11.4 Å². The number of aryl methyl sites for hydroxylation is 2. The van der Waals surface area contributed by atoms with Gasteiger partial charge >= 0.3 is 0 Å². The first-order valence-corrected chi connectivity index (χ1v) is 14.6. The number of amides is 2. The Labute approximate surface area is 232 Å². The van der Waals surface area contributed by atoms with Crippen molar-refractivity contribution in [1.82, 2.24) is 14.5 Å². The largest absolute Gasteiger partial charge is 0.354 e. The molecule has 39 heavy (non-hydrogen) atoms. The number of benzene rings is 3. The van der Waals surface area contributed by atoms with E-state index in [1.54, 1.807) is 12.1 Å². The highest BCUT2D eigenvalue weighted by molar-refractivity contribution is 7.89. The van der Waals surface area contributed by atoms with Crippen LogP contribution in [0.3, 0.4) is 0 Å². The second kappa shape index (κ2) is 13.5. The monoisotopic (exact) mass is 549 g/mol. The summed E-state index contributed by atoms with van der Waals surface area (Å²) in [6, 6.07) is 23.0. The highest BCUT2D eigenvalue weighted by Gasteiger charge is 2.33. The Hall–Kier alpha value is -3.49. The lowest BCUT2D eigenvalue weighted by Gasteiger charge is -2.33. The zero-order valence-corrected chi connectivity index (χ0v) is 24.2. The van der Waals surface area contributed by atoms with Gasteiger partial charge in [0.25, 0.3) is 0 Å². The molecule has 0 saturated carbocycles. The van der Waals surface area contributed by atoms with E-state index in [4.69, 9.17) is 0 Å². The molecule has 0 aliphatic heterocycles. The molecule has 208 valence electrons. The zero-order valence-electron chi connectivity index (χ0n) is 23.4. The normalized spacial score (nSPS) is 12.4. The van der Waals surface area contributed by atoms with Crippen LogP contribution < -0.4 is 5.32 Å². The Morgan fingerprint density at radius 2 is 1.38 bits per heavy atom. The lowest BCUT2D eigenvalue weighted by atomic mass is 10.0. The van der Waals surface area contributed by atoms with Crippen molar-refractivity contribution in [2.75, 3.05) is 20.1 Å². The second-order valence-corrected chi connectivity index (χ2v) is 12.5. The topological polar surface area (TPSA) is 86.8 Å². The van der Waals surface area contributed by atoms with Gasteiger partial charge in [0, 0.05) is 26.6 Å². The number of sulfonamides is 1. The molecule has 0 bridgehead atoms. The van der Waals surface area contributed by atoms with E-state index >= 15 is 0 Å². The van der Waals surface area contributed by atoms with Gasteiger partial charge in [-0.2, -0.15) is 4.31 Å². The molecule has 8 heteroatoms. The molecule has 0 unspecified atom stereocenters. The molecule has 0 aliphatic rings. The van der Waals surface area contributed by atoms with Gasteiger partial charge in [0.1, 0.15) is 6.04 Å². The third kappa shape index (κ3) is 8.50. The third-order valence-electron chi connectivity index (χ3n) is 6.52. The number of carbonyl (C=O) groups is 2. The Bertz CT molecular complexity index is 1340. The fraction of sp³-hybridized carbons (Fsp3) is 0.355. The molecule has 1 atom stereocenters. The maximum absolute atomic E-state index is 13.9. The van der Waals surface area contributed by atoms with Crippen LogP contribution >= 0.6 is 0 Å². The number of nitrogens with one attached hydrogen (secondary N) is 1. The minimum atomic E-state index is -3.90. The number of carbonyl (C=O) groups excluding carboxylic acids is 2. The smallest absolute Gasteiger partial charge is 0.243 e. The summed E-state index contributed by atoms with van der Waals surface area (Å²) >= 11 is 0. The zero-order chi connectivity index (χ0) is 28.6. The summed E-state index contributed by atoms with van der Waals surface area (Å²) in [5.74, 6) is -0.482. The molecule has 2 amide bonds. The van der Waals surface area contributed by atoms with Crippen molar-refractivity contribution in [3.63, 3.8) is 0 Å². The van der Waals surface area contributed by atoms with Gasteiger partial charge in [-0.1, -0.05) is 91.7 Å². The van der Waals surface area contributed by atoms with Crippen LogP contribution in [0.1, 0.15) is 36.1 Å². The van der Waals surface area contributed by atoms with Crippen molar-refractivity contribution in [3.8, 4) is 0 Å². The van der Waals surface area contributed by atoms with Gasteiger partial charge in [-0.05, 0) is 43.0 Å². The van der Waals surface area contributed by atoms with Gasteiger partial charge in [-0.3, -0.25) is 9.59 Å². The molecule has 0 radical (unpaired) electrons. The van der Waals surface area contributed by atoms with Crippen molar-refractivity contribution in [2.45, 2.75) is 51.6 Å². The molecule has 0 fully saturated rings. The minimum Gasteiger partial charge on any atom is -0.354 e. The molecule has 3 aromatic carbocycles. The van der Waals surface area contributed by atoms with Gasteiger partial charge in [0.15, 0.2) is 0 Å². The molecule has 0 aromatic heterocycles. The first-order chi connectivity index (χ1) is 18.5. The number of hydrogen-bond donors (Lipinski definition) is 1. The van der Waals surface area contributed by atoms with Crippen molar-refractivity contribution >= 4 is 21.8 Å². The predicted octanol–water partition coefficient (Wildman–Crippen LogP) is 4.34. The molecule has 7 nitrogen and oxygen atoms in total. The van der Waals surface area contributed by atoms with E-state index in [-0.39, 0.29) is 23.3 Å². The van der Waals surface area contributed by atoms with Gasteiger partial charge in [-0.25, -0.2) is 8.42 Å². The molecule has 1 N–H and O–H groups in total. The van der Waals surface area contributed by atoms with Crippen molar-refractivity contribution in [2.24, 2.45) is 5.92 Å². The number of likely N-dealkylation sites (N-methyl/N-ethyl adjacent to an activating group) is 1. The summed E-state index contributed by atoms with van der Waals surface area (Å²) in [7, 11) is -2.51. The van der Waals surface area contributed by atoms with E-state index in [0.29, 0.717) is 13.0 Å². The van der Waals surface area contributed by atoms with Crippen LogP contribution in [0.2, 0.25) is 0 Å². The van der Waals surface area contributed by atoms with Crippen LogP contribution in [0.4, 0.5) is 0 Å². The number of rotatable bonds is 12. The van der Waals surface area contributed by atoms with E-state index in [1.165, 1.54) is 24.1 Å². The van der Waals surface area contributed by atoms with Gasteiger partial charge < -0.3 is 10.2 Å². The van der Waals surface area contributed by atoms with E-state index in [0.717, 1.165) is 26.6 Å². The maximum Gasteiger partial charge on any atom is 0.243 e. The van der Waals surface area contributed by atoms with E-state index in [1.807, 2.05) is 82.3 Å². The standard InChI is InChI=1S/C31H39N3O4S/c1-23(2)20-32-31(36)29(19-26-9-7-6-8-10-26)34(21-27-15-11-24(3)12-16-27)30(35)22-33(5)39(37,38)28-17-13-25(4)14-18-28/h6-18,23,29H,19-22H2,1-5H3,(H,32,36)/t29-/m0/s1. The quantitative estimate of drug-likeness (QED) is 0.364. The maximum atomic E-state index is 13.9. The molecule has 0 spiro atoms. The van der Waals surface area contributed by atoms with E-state index < -0.39 is 28.5 Å². The first kappa shape index (κ1) is 30.1. The summed E-state index contributed by atoms with van der Waals surface area (Å²) < 4.78 is 27.5. The lowest BCUT2D eigenvalue weighted by Crippen LogP contribution is -2.53. The highest BCUT2D eigenvalue weighted by atomic mass is 32.2. The van der Waals surface area contributed by atoms with Crippen LogP contribution in [-0.2, 0) is 32.6 Å². The molecule has 3 aromatic rings. The van der Waals surface area contributed by atoms with Crippen LogP contribution in [0, 0.1) is 19.8 Å². The summed E-state index contributed by atoms with van der Waals surface area (Å²) in [5.41, 5.74) is 3.78. The molecular formula is C31H39N3O4S. The molecule has 0 aliphatic carbocycles. The van der Waals surface area contributed by atoms with Gasteiger partial charge in [0.2, 0.25) is 21.8 Å². The Morgan fingerprint density at radius 1 is 0.821 bits per heavy atom. The van der Waals surface area contributed by atoms with E-state index in [9.17, 15) is 18.0 Å². The SMILES string of the molecule is Cc1ccc(CN(C(=O)CN(C)S(=O)(=O)c2ccc(C)cc2)[C@@H](Cc2ccccc2)C(=O)NCC(C)C)cc1. The van der Waals surface area contributed by atoms with Crippen molar-refractivity contribution in [1.29, 1.82) is 0 Å². The minimum absolute atomic E-state index is 0.115. The highest BCUT2D eigenvalue weighted by Crippen LogP contribution is 2.19. The second-order valence-electron chi connectivity index (χ2n) is 10.4. The fourth-order valence-corrected chi connectivity index (χ4v) is 5.24. The summed E-state index contributed by atoms with van der Waals surface area (Å²) in [6.07, 6.45) is 0.302. The van der Waals surface area contributed by atoms with Crippen molar-refractivity contribution in [3.05, 3.63) is 101 Å². The number of nitrogens with zero attached hydrogens (tertiary/aromatic N) is 2. The Kier molecular flexibility index (Phi) is 10.4. The fourth-order valence-electron chi connectivity index (χ4n) is 4.12. The lowest BCUT2D eigenvalue weighted by molar-refractivity contribution is -0.141. The molecular weight excluding hydrogens is 510 g/mol. The van der Waals surface area contributed by atoms with Crippen LogP contribution in [0.15, 0.2) is 83.8 Å². The van der Waals surface area contributed by atoms with Gasteiger partial charge in [-0.15, -0.1) is 0 Å². The number of hydrogen-bond acceptors (Lipinski definition) is 4. The summed E-state index contributed by atoms with van der Waals surface area (Å²) in [5, 5.41) is 2.98. The third-order valence-corrected chi connectivity index (χ3v) is 8.33. The van der Waals surface area contributed by atoms with Crippen LogP contribution in [0.5, 0.6) is 0 Å². The Balaban J connectivity index is 1.96. The predicted molar refractivity (Wildman–Crippen MR) is 155 cm³/mol. The van der Waals surface area contributed by atoms with Crippen molar-refractivity contribution < 1.29 is 18.0 Å². The van der Waals surface area contributed by atoms with Crippen LogP contribution in [-0.4, -0.2) is 55.6 Å². The summed E-state index contributed by atoms with van der Waals surface area (Å²) in [4.78, 5) is 29.0. The van der Waals surface area contributed by atoms with Crippen LogP contribution in [0.25, 0.3) is 0 Å². The average molecular weight is 550 g/mol. The average Bonchev–Trinajstić information content (AvgIpc) is 2.91. The first-order valence-electron chi connectivity index (χ1n) is 13.2. The molecule has 0 saturated heterocycles. The molecule has 0 heterocycles.